The summed E-state index contributed by atoms with van der Waals surface area (Å²) in [5.74, 6) is 1.20. The maximum absolute atomic E-state index is 13.4. The molecule has 1 saturated heterocycles. The largest absolute Gasteiger partial charge is 0.397 e. The van der Waals surface area contributed by atoms with Gasteiger partial charge in [0.1, 0.15) is 5.82 Å². The molecule has 2 N–H and O–H groups in total. The minimum absolute atomic E-state index is 0.217. The first-order valence-corrected chi connectivity index (χ1v) is 6.29. The third-order valence-corrected chi connectivity index (χ3v) is 3.82. The van der Waals surface area contributed by atoms with Gasteiger partial charge in [0.15, 0.2) is 0 Å². The highest BCUT2D eigenvalue weighted by molar-refractivity contribution is 5.69. The molecule has 0 amide bonds. The smallest absolute Gasteiger partial charge is 0.128 e. The summed E-state index contributed by atoms with van der Waals surface area (Å²) in [5, 5.41) is 0. The molecule has 0 aromatic heterocycles. The van der Waals surface area contributed by atoms with Crippen LogP contribution < -0.4 is 10.6 Å². The van der Waals surface area contributed by atoms with Gasteiger partial charge in [0.25, 0.3) is 0 Å². The van der Waals surface area contributed by atoms with E-state index >= 15 is 0 Å². The zero-order valence-electron chi connectivity index (χ0n) is 10.8. The van der Waals surface area contributed by atoms with Gasteiger partial charge in [-0.1, -0.05) is 13.8 Å². The van der Waals surface area contributed by atoms with E-state index in [0.29, 0.717) is 17.2 Å². The molecule has 17 heavy (non-hydrogen) atoms. The van der Waals surface area contributed by atoms with Crippen LogP contribution in [0.2, 0.25) is 0 Å². The summed E-state index contributed by atoms with van der Waals surface area (Å²) in [5.41, 5.74) is 8.12. The highest BCUT2D eigenvalue weighted by Crippen LogP contribution is 2.33. The van der Waals surface area contributed by atoms with Gasteiger partial charge in [0.2, 0.25) is 0 Å². The molecule has 1 aromatic rings. The maximum Gasteiger partial charge on any atom is 0.128 e. The number of anilines is 2. The Hall–Kier alpha value is -1.25. The minimum Gasteiger partial charge on any atom is -0.397 e. The van der Waals surface area contributed by atoms with E-state index in [1.54, 1.807) is 6.92 Å². The van der Waals surface area contributed by atoms with E-state index in [4.69, 9.17) is 5.73 Å². The molecule has 1 heterocycles. The Morgan fingerprint density at radius 2 is 2.12 bits per heavy atom. The molecule has 2 nitrogen and oxygen atoms in total. The second-order valence-electron chi connectivity index (χ2n) is 5.40. The SMILES string of the molecule is Cc1cc(N2CCC(C(C)C)C2)c(N)cc1F. The molecule has 2 rings (SSSR count). The average Bonchev–Trinajstić information content (AvgIpc) is 2.72. The van der Waals surface area contributed by atoms with Crippen LogP contribution >= 0.6 is 0 Å². The van der Waals surface area contributed by atoms with Crippen LogP contribution in [-0.4, -0.2) is 13.1 Å². The monoisotopic (exact) mass is 236 g/mol. The molecule has 0 saturated carbocycles. The van der Waals surface area contributed by atoms with Crippen molar-refractivity contribution in [1.82, 2.24) is 0 Å². The van der Waals surface area contributed by atoms with E-state index in [-0.39, 0.29) is 5.82 Å². The van der Waals surface area contributed by atoms with Crippen LogP contribution in [0, 0.1) is 24.6 Å². The van der Waals surface area contributed by atoms with Crippen molar-refractivity contribution in [2.24, 2.45) is 11.8 Å². The second-order valence-corrected chi connectivity index (χ2v) is 5.40. The van der Waals surface area contributed by atoms with E-state index in [1.807, 2.05) is 6.07 Å². The Morgan fingerprint density at radius 1 is 1.41 bits per heavy atom. The number of benzene rings is 1. The first-order valence-electron chi connectivity index (χ1n) is 6.29. The Balaban J connectivity index is 2.22. The molecule has 94 valence electrons. The zero-order valence-corrected chi connectivity index (χ0v) is 10.8. The van der Waals surface area contributed by atoms with Crippen molar-refractivity contribution >= 4 is 11.4 Å². The molecular weight excluding hydrogens is 215 g/mol. The van der Waals surface area contributed by atoms with Gasteiger partial charge in [-0.25, -0.2) is 4.39 Å². The van der Waals surface area contributed by atoms with Gasteiger partial charge in [-0.05, 0) is 42.9 Å². The Morgan fingerprint density at radius 3 is 2.71 bits per heavy atom. The predicted molar refractivity (Wildman–Crippen MR) is 70.7 cm³/mol. The van der Waals surface area contributed by atoms with Crippen molar-refractivity contribution in [2.45, 2.75) is 27.2 Å². The fraction of sp³-hybridized carbons (Fsp3) is 0.571. The summed E-state index contributed by atoms with van der Waals surface area (Å²) in [6, 6.07) is 3.31. The van der Waals surface area contributed by atoms with Crippen molar-refractivity contribution in [2.75, 3.05) is 23.7 Å². The summed E-state index contributed by atoms with van der Waals surface area (Å²) in [6.07, 6.45) is 1.20. The third kappa shape index (κ3) is 2.38. The summed E-state index contributed by atoms with van der Waals surface area (Å²) >= 11 is 0. The van der Waals surface area contributed by atoms with Gasteiger partial charge in [-0.15, -0.1) is 0 Å². The van der Waals surface area contributed by atoms with E-state index < -0.39 is 0 Å². The van der Waals surface area contributed by atoms with Crippen molar-refractivity contribution in [1.29, 1.82) is 0 Å². The zero-order chi connectivity index (χ0) is 12.6. The Bertz CT molecular complexity index is 415. The molecule has 1 aliphatic rings. The van der Waals surface area contributed by atoms with Crippen LogP contribution in [0.3, 0.4) is 0 Å². The molecule has 0 aliphatic carbocycles. The lowest BCUT2D eigenvalue weighted by molar-refractivity contribution is 0.423. The summed E-state index contributed by atoms with van der Waals surface area (Å²) in [6.45, 7) is 8.36. The van der Waals surface area contributed by atoms with Crippen molar-refractivity contribution in [3.63, 3.8) is 0 Å². The third-order valence-electron chi connectivity index (χ3n) is 3.82. The van der Waals surface area contributed by atoms with Crippen LogP contribution in [0.5, 0.6) is 0 Å². The summed E-state index contributed by atoms with van der Waals surface area (Å²) in [7, 11) is 0. The molecule has 3 heteroatoms. The number of hydrogen-bond donors (Lipinski definition) is 1. The fourth-order valence-corrected chi connectivity index (χ4v) is 2.51. The molecule has 1 atom stereocenters. The molecule has 1 aromatic carbocycles. The quantitative estimate of drug-likeness (QED) is 0.799. The molecule has 0 radical (unpaired) electrons. The van der Waals surface area contributed by atoms with Gasteiger partial charge in [-0.2, -0.15) is 0 Å². The number of hydrogen-bond acceptors (Lipinski definition) is 2. The number of nitrogens with zero attached hydrogens (tertiary/aromatic N) is 1. The standard InChI is InChI=1S/C14H21FN2/c1-9(2)11-4-5-17(8-11)14-6-10(3)12(15)7-13(14)16/h6-7,9,11H,4-5,8,16H2,1-3H3. The lowest BCUT2D eigenvalue weighted by Gasteiger charge is -2.22. The van der Waals surface area contributed by atoms with Crippen LogP contribution in [0.25, 0.3) is 0 Å². The predicted octanol–water partition coefficient (Wildman–Crippen LogP) is 3.20. The summed E-state index contributed by atoms with van der Waals surface area (Å²) in [4.78, 5) is 2.28. The van der Waals surface area contributed by atoms with E-state index in [0.717, 1.165) is 24.7 Å². The van der Waals surface area contributed by atoms with Crippen LogP contribution in [0.15, 0.2) is 12.1 Å². The van der Waals surface area contributed by atoms with Crippen molar-refractivity contribution in [3.8, 4) is 0 Å². The summed E-state index contributed by atoms with van der Waals surface area (Å²) < 4.78 is 13.4. The molecule has 0 spiro atoms. The van der Waals surface area contributed by atoms with Gasteiger partial charge in [-0.3, -0.25) is 0 Å². The maximum atomic E-state index is 13.4. The molecule has 1 aliphatic heterocycles. The molecule has 1 unspecified atom stereocenters. The van der Waals surface area contributed by atoms with E-state index in [2.05, 4.69) is 18.7 Å². The Labute approximate surface area is 103 Å². The number of nitrogen functional groups attached to an aromatic ring is 1. The molecular formula is C14H21FN2. The number of aryl methyl sites for hydroxylation is 1. The van der Waals surface area contributed by atoms with Gasteiger partial charge in [0.05, 0.1) is 11.4 Å². The molecule has 0 bridgehead atoms. The van der Waals surface area contributed by atoms with E-state index in [1.165, 1.54) is 12.5 Å². The number of nitrogens with two attached hydrogens (primary N) is 1. The minimum atomic E-state index is -0.217. The first kappa shape index (κ1) is 12.2. The topological polar surface area (TPSA) is 29.3 Å². The molecule has 1 fully saturated rings. The van der Waals surface area contributed by atoms with Crippen LogP contribution in [-0.2, 0) is 0 Å². The highest BCUT2D eigenvalue weighted by atomic mass is 19.1. The van der Waals surface area contributed by atoms with Gasteiger partial charge in [0, 0.05) is 13.1 Å². The van der Waals surface area contributed by atoms with Crippen LogP contribution in [0.4, 0.5) is 15.8 Å². The van der Waals surface area contributed by atoms with Crippen molar-refractivity contribution in [3.05, 3.63) is 23.5 Å². The van der Waals surface area contributed by atoms with Crippen LogP contribution in [0.1, 0.15) is 25.8 Å². The van der Waals surface area contributed by atoms with Gasteiger partial charge < -0.3 is 10.6 Å². The Kier molecular flexibility index (Phi) is 3.27. The normalized spacial score (nSPS) is 20.3. The fourth-order valence-electron chi connectivity index (χ4n) is 2.51. The van der Waals surface area contributed by atoms with Gasteiger partial charge >= 0.3 is 0 Å². The average molecular weight is 236 g/mol. The number of rotatable bonds is 2. The number of halogens is 1. The van der Waals surface area contributed by atoms with Crippen molar-refractivity contribution < 1.29 is 4.39 Å². The lowest BCUT2D eigenvalue weighted by Crippen LogP contribution is -2.22. The van der Waals surface area contributed by atoms with E-state index in [9.17, 15) is 4.39 Å². The second kappa shape index (κ2) is 4.55. The lowest BCUT2D eigenvalue weighted by atomic mass is 9.95. The highest BCUT2D eigenvalue weighted by Gasteiger charge is 2.26. The first-order chi connectivity index (χ1) is 7.99.